The SMILES string of the molecule is Cc1cc(C2CCCO2)oc(=O)c1C(=O)NCc1cccc2ncnn12. The van der Waals surface area contributed by atoms with E-state index in [0.717, 1.165) is 18.5 Å². The number of fused-ring (bicyclic) bond motifs is 1. The lowest BCUT2D eigenvalue weighted by Gasteiger charge is -2.11. The van der Waals surface area contributed by atoms with Crippen LogP contribution < -0.4 is 10.9 Å². The number of rotatable bonds is 4. The molecular weight excluding hydrogens is 336 g/mol. The third-order valence-corrected chi connectivity index (χ3v) is 4.45. The molecule has 1 amide bonds. The molecule has 1 atom stereocenters. The number of nitrogens with zero attached hydrogens (tertiary/aromatic N) is 3. The highest BCUT2D eigenvalue weighted by Crippen LogP contribution is 2.28. The molecule has 0 saturated carbocycles. The lowest BCUT2D eigenvalue weighted by Crippen LogP contribution is -2.30. The zero-order chi connectivity index (χ0) is 18.1. The van der Waals surface area contributed by atoms with E-state index in [1.165, 1.54) is 6.33 Å². The van der Waals surface area contributed by atoms with Gasteiger partial charge in [0.1, 0.15) is 23.8 Å². The number of aryl methyl sites for hydroxylation is 1. The van der Waals surface area contributed by atoms with E-state index in [0.29, 0.717) is 23.6 Å². The van der Waals surface area contributed by atoms with Gasteiger partial charge in [-0.2, -0.15) is 5.10 Å². The van der Waals surface area contributed by atoms with Gasteiger partial charge in [0.05, 0.1) is 12.2 Å². The van der Waals surface area contributed by atoms with E-state index in [1.54, 1.807) is 17.5 Å². The summed E-state index contributed by atoms with van der Waals surface area (Å²) in [5.41, 5.74) is 1.38. The zero-order valence-electron chi connectivity index (χ0n) is 14.3. The first-order valence-corrected chi connectivity index (χ1v) is 8.45. The van der Waals surface area contributed by atoms with Crippen LogP contribution >= 0.6 is 0 Å². The van der Waals surface area contributed by atoms with Gasteiger partial charge in [0.25, 0.3) is 5.91 Å². The molecule has 1 aliphatic rings. The van der Waals surface area contributed by atoms with Crippen molar-refractivity contribution in [3.05, 3.63) is 63.6 Å². The molecule has 134 valence electrons. The monoisotopic (exact) mass is 354 g/mol. The Morgan fingerprint density at radius 1 is 1.42 bits per heavy atom. The fraction of sp³-hybridized carbons (Fsp3) is 0.333. The summed E-state index contributed by atoms with van der Waals surface area (Å²) in [5.74, 6) is 0.00110. The van der Waals surface area contributed by atoms with Gasteiger partial charge < -0.3 is 14.5 Å². The van der Waals surface area contributed by atoms with Crippen molar-refractivity contribution in [2.24, 2.45) is 0 Å². The highest BCUT2D eigenvalue weighted by Gasteiger charge is 2.24. The summed E-state index contributed by atoms with van der Waals surface area (Å²) in [5, 5.41) is 6.87. The van der Waals surface area contributed by atoms with Crippen molar-refractivity contribution in [2.45, 2.75) is 32.4 Å². The first kappa shape index (κ1) is 16.5. The average molecular weight is 354 g/mol. The van der Waals surface area contributed by atoms with Crippen molar-refractivity contribution in [3.63, 3.8) is 0 Å². The molecule has 0 spiro atoms. The smallest absolute Gasteiger partial charge is 0.349 e. The molecule has 0 bridgehead atoms. The van der Waals surface area contributed by atoms with Crippen LogP contribution in [-0.4, -0.2) is 27.1 Å². The molecular formula is C18H18N4O4. The van der Waals surface area contributed by atoms with Crippen LogP contribution in [0.25, 0.3) is 5.65 Å². The maximum atomic E-state index is 12.5. The fourth-order valence-corrected chi connectivity index (χ4v) is 3.16. The molecule has 1 unspecified atom stereocenters. The standard InChI is InChI=1S/C18H18N4O4/c1-11-8-14(13-5-3-7-25-13)26-18(24)16(11)17(23)19-9-12-4-2-6-15-20-10-21-22(12)15/h2,4,6,8,10,13H,3,5,7,9H2,1H3,(H,19,23). The quantitative estimate of drug-likeness (QED) is 0.767. The number of hydrogen-bond acceptors (Lipinski definition) is 6. The molecule has 0 aromatic carbocycles. The summed E-state index contributed by atoms with van der Waals surface area (Å²) in [6.45, 7) is 2.60. The maximum Gasteiger partial charge on any atom is 0.349 e. The molecule has 0 radical (unpaired) electrons. The van der Waals surface area contributed by atoms with E-state index in [1.807, 2.05) is 18.2 Å². The first-order chi connectivity index (χ1) is 12.6. The van der Waals surface area contributed by atoms with Crippen LogP contribution in [0.1, 0.15) is 46.3 Å². The fourth-order valence-electron chi connectivity index (χ4n) is 3.16. The van der Waals surface area contributed by atoms with E-state index in [-0.39, 0.29) is 18.2 Å². The number of amides is 1. The largest absolute Gasteiger partial charge is 0.424 e. The van der Waals surface area contributed by atoms with E-state index < -0.39 is 11.5 Å². The van der Waals surface area contributed by atoms with E-state index in [9.17, 15) is 9.59 Å². The second-order valence-electron chi connectivity index (χ2n) is 6.23. The molecule has 1 saturated heterocycles. The molecule has 4 heterocycles. The van der Waals surface area contributed by atoms with E-state index in [2.05, 4.69) is 15.4 Å². The molecule has 3 aromatic rings. The van der Waals surface area contributed by atoms with Gasteiger partial charge in [0.2, 0.25) is 0 Å². The summed E-state index contributed by atoms with van der Waals surface area (Å²) >= 11 is 0. The van der Waals surface area contributed by atoms with Crippen molar-refractivity contribution >= 4 is 11.6 Å². The number of aromatic nitrogens is 3. The van der Waals surface area contributed by atoms with Crippen molar-refractivity contribution in [2.75, 3.05) is 6.61 Å². The minimum atomic E-state index is -0.646. The van der Waals surface area contributed by atoms with Crippen LogP contribution in [0.2, 0.25) is 0 Å². The summed E-state index contributed by atoms with van der Waals surface area (Å²) in [4.78, 5) is 29.0. The van der Waals surface area contributed by atoms with Crippen LogP contribution in [0.3, 0.4) is 0 Å². The molecule has 0 aliphatic carbocycles. The summed E-state index contributed by atoms with van der Waals surface area (Å²) in [6.07, 6.45) is 2.99. The Labute approximate surface area is 148 Å². The molecule has 8 nitrogen and oxygen atoms in total. The van der Waals surface area contributed by atoms with Crippen molar-refractivity contribution in [3.8, 4) is 0 Å². The van der Waals surface area contributed by atoms with Gasteiger partial charge in [-0.3, -0.25) is 4.79 Å². The normalized spacial score (nSPS) is 16.9. The number of ether oxygens (including phenoxy) is 1. The van der Waals surface area contributed by atoms with Crippen LogP contribution in [0, 0.1) is 6.92 Å². The molecule has 3 aromatic heterocycles. The Morgan fingerprint density at radius 2 is 2.31 bits per heavy atom. The molecule has 4 rings (SSSR count). The van der Waals surface area contributed by atoms with Crippen LogP contribution in [0.15, 0.2) is 39.8 Å². The van der Waals surface area contributed by atoms with Gasteiger partial charge in [0.15, 0.2) is 5.65 Å². The van der Waals surface area contributed by atoms with Crippen molar-refractivity contribution < 1.29 is 13.9 Å². The van der Waals surface area contributed by atoms with E-state index >= 15 is 0 Å². The Kier molecular flexibility index (Phi) is 4.26. The highest BCUT2D eigenvalue weighted by atomic mass is 16.5. The minimum absolute atomic E-state index is 0.0116. The van der Waals surface area contributed by atoms with Gasteiger partial charge in [-0.05, 0) is 43.5 Å². The Bertz CT molecular complexity index is 1020. The molecule has 26 heavy (non-hydrogen) atoms. The second kappa shape index (κ2) is 6.72. The number of carbonyl (C=O) groups is 1. The van der Waals surface area contributed by atoms with Crippen LogP contribution in [0.4, 0.5) is 0 Å². The van der Waals surface area contributed by atoms with Gasteiger partial charge in [-0.15, -0.1) is 0 Å². The maximum absolute atomic E-state index is 12.5. The Morgan fingerprint density at radius 3 is 3.08 bits per heavy atom. The lowest BCUT2D eigenvalue weighted by molar-refractivity contribution is 0.0882. The molecule has 1 aliphatic heterocycles. The Balaban J connectivity index is 1.54. The molecule has 8 heteroatoms. The topological polar surface area (TPSA) is 98.7 Å². The number of pyridine rings is 1. The first-order valence-electron chi connectivity index (χ1n) is 8.45. The Hall–Kier alpha value is -3.00. The third kappa shape index (κ3) is 2.99. The van der Waals surface area contributed by atoms with Gasteiger partial charge in [-0.25, -0.2) is 14.3 Å². The highest BCUT2D eigenvalue weighted by molar-refractivity contribution is 5.95. The van der Waals surface area contributed by atoms with Gasteiger partial charge in [-0.1, -0.05) is 6.07 Å². The number of hydrogen-bond donors (Lipinski definition) is 1. The van der Waals surface area contributed by atoms with Crippen LogP contribution in [-0.2, 0) is 11.3 Å². The van der Waals surface area contributed by atoms with Crippen molar-refractivity contribution in [1.29, 1.82) is 0 Å². The summed E-state index contributed by atoms with van der Waals surface area (Å²) in [7, 11) is 0. The third-order valence-electron chi connectivity index (χ3n) is 4.45. The zero-order valence-corrected chi connectivity index (χ0v) is 14.3. The van der Waals surface area contributed by atoms with Gasteiger partial charge >= 0.3 is 5.63 Å². The van der Waals surface area contributed by atoms with Gasteiger partial charge in [0, 0.05) is 6.61 Å². The number of carbonyl (C=O) groups excluding carboxylic acids is 1. The summed E-state index contributed by atoms with van der Waals surface area (Å²) in [6, 6.07) is 7.20. The summed E-state index contributed by atoms with van der Waals surface area (Å²) < 4.78 is 12.5. The van der Waals surface area contributed by atoms with E-state index in [4.69, 9.17) is 9.15 Å². The average Bonchev–Trinajstić information content (AvgIpc) is 3.30. The number of nitrogens with one attached hydrogen (secondary N) is 1. The van der Waals surface area contributed by atoms with Crippen LogP contribution in [0.5, 0.6) is 0 Å². The minimum Gasteiger partial charge on any atom is -0.424 e. The molecule has 1 fully saturated rings. The molecule has 1 N–H and O–H groups in total. The predicted octanol–water partition coefficient (Wildman–Crippen LogP) is 1.77. The lowest BCUT2D eigenvalue weighted by atomic mass is 10.1. The predicted molar refractivity (Wildman–Crippen MR) is 91.8 cm³/mol. The van der Waals surface area contributed by atoms with Crippen molar-refractivity contribution in [1.82, 2.24) is 19.9 Å². The second-order valence-corrected chi connectivity index (χ2v) is 6.23.